The molecule has 0 bridgehead atoms. The normalized spacial score (nSPS) is 16.6. The van der Waals surface area contributed by atoms with Crippen LogP contribution in [0.5, 0.6) is 0 Å². The van der Waals surface area contributed by atoms with Gasteiger partial charge in [0.05, 0.1) is 11.6 Å². The minimum absolute atomic E-state index is 0.0458. The number of likely N-dealkylation sites (tertiary alicyclic amines) is 1. The van der Waals surface area contributed by atoms with Gasteiger partial charge >= 0.3 is 0 Å². The first kappa shape index (κ1) is 14.5. The van der Waals surface area contributed by atoms with E-state index in [4.69, 9.17) is 5.26 Å². The molecular formula is C16H21N3O. The Morgan fingerprint density at radius 2 is 1.95 bits per heavy atom. The molecule has 0 unspecified atom stereocenters. The molecule has 0 atom stereocenters. The number of nitriles is 1. The van der Waals surface area contributed by atoms with Gasteiger partial charge in [0.15, 0.2) is 0 Å². The Kier molecular flexibility index (Phi) is 4.75. The molecule has 1 aliphatic heterocycles. The predicted octanol–water partition coefficient (Wildman–Crippen LogP) is 2.11. The molecule has 0 aliphatic carbocycles. The second-order valence-corrected chi connectivity index (χ2v) is 5.27. The number of hydrogen-bond donors (Lipinski definition) is 0. The highest BCUT2D eigenvalue weighted by molar-refractivity contribution is 5.94. The van der Waals surface area contributed by atoms with Crippen molar-refractivity contribution in [1.82, 2.24) is 9.80 Å². The molecule has 1 aromatic rings. The van der Waals surface area contributed by atoms with Crippen LogP contribution in [-0.4, -0.2) is 48.4 Å². The summed E-state index contributed by atoms with van der Waals surface area (Å²) in [4.78, 5) is 16.7. The van der Waals surface area contributed by atoms with Gasteiger partial charge in [-0.15, -0.1) is 0 Å². The van der Waals surface area contributed by atoms with Crippen LogP contribution < -0.4 is 0 Å². The summed E-state index contributed by atoms with van der Waals surface area (Å²) >= 11 is 0. The molecule has 0 aromatic heterocycles. The van der Waals surface area contributed by atoms with Crippen molar-refractivity contribution in [3.63, 3.8) is 0 Å². The van der Waals surface area contributed by atoms with Gasteiger partial charge in [-0.25, -0.2) is 0 Å². The molecule has 1 aliphatic rings. The van der Waals surface area contributed by atoms with E-state index in [-0.39, 0.29) is 5.91 Å². The van der Waals surface area contributed by atoms with Crippen LogP contribution in [0.4, 0.5) is 0 Å². The molecule has 0 radical (unpaired) electrons. The monoisotopic (exact) mass is 271 g/mol. The average Bonchev–Trinajstić information content (AvgIpc) is 2.53. The largest absolute Gasteiger partial charge is 0.339 e. The lowest BCUT2D eigenvalue weighted by Gasteiger charge is -2.36. The fourth-order valence-corrected chi connectivity index (χ4v) is 2.68. The Balaban J connectivity index is 1.99. The second kappa shape index (κ2) is 6.53. The minimum Gasteiger partial charge on any atom is -0.339 e. The summed E-state index contributed by atoms with van der Waals surface area (Å²) in [6, 6.07) is 9.25. The molecule has 1 amide bonds. The van der Waals surface area contributed by atoms with Gasteiger partial charge in [0.25, 0.3) is 5.91 Å². The summed E-state index contributed by atoms with van der Waals surface area (Å²) < 4.78 is 0. The third-order valence-electron chi connectivity index (χ3n) is 4.13. The van der Waals surface area contributed by atoms with Gasteiger partial charge in [0, 0.05) is 31.7 Å². The number of benzene rings is 1. The fraction of sp³-hybridized carbons (Fsp3) is 0.500. The third-order valence-corrected chi connectivity index (χ3v) is 4.13. The quantitative estimate of drug-likeness (QED) is 0.846. The van der Waals surface area contributed by atoms with Crippen LogP contribution >= 0.6 is 0 Å². The molecule has 106 valence electrons. The number of carbonyl (C=O) groups excluding carboxylic acids is 1. The molecule has 20 heavy (non-hydrogen) atoms. The molecule has 1 heterocycles. The van der Waals surface area contributed by atoms with Gasteiger partial charge in [-0.2, -0.15) is 5.26 Å². The molecule has 1 saturated heterocycles. The van der Waals surface area contributed by atoms with Crippen LogP contribution in [0.15, 0.2) is 24.3 Å². The zero-order chi connectivity index (χ0) is 14.5. The van der Waals surface area contributed by atoms with Crippen LogP contribution in [0, 0.1) is 11.3 Å². The Hall–Kier alpha value is -1.86. The van der Waals surface area contributed by atoms with E-state index in [1.807, 2.05) is 11.9 Å². The zero-order valence-corrected chi connectivity index (χ0v) is 12.2. The first-order chi connectivity index (χ1) is 9.65. The van der Waals surface area contributed by atoms with Gasteiger partial charge < -0.3 is 9.80 Å². The van der Waals surface area contributed by atoms with Crippen molar-refractivity contribution < 1.29 is 4.79 Å². The molecule has 0 spiro atoms. The summed E-state index contributed by atoms with van der Waals surface area (Å²) in [5.74, 6) is 0.0458. The maximum Gasteiger partial charge on any atom is 0.253 e. The van der Waals surface area contributed by atoms with Crippen molar-refractivity contribution in [2.45, 2.75) is 25.8 Å². The van der Waals surface area contributed by atoms with Crippen molar-refractivity contribution >= 4 is 5.91 Å². The number of nitrogens with zero attached hydrogens (tertiary/aromatic N) is 3. The number of rotatable bonds is 3. The van der Waals surface area contributed by atoms with E-state index >= 15 is 0 Å². The van der Waals surface area contributed by atoms with E-state index in [9.17, 15) is 4.79 Å². The predicted molar refractivity (Wildman–Crippen MR) is 78.4 cm³/mol. The van der Waals surface area contributed by atoms with E-state index in [1.165, 1.54) is 0 Å². The SMILES string of the molecule is CCN1CCC(N(C)C(=O)c2ccc(C#N)cc2)CC1. The second-order valence-electron chi connectivity index (χ2n) is 5.27. The van der Waals surface area contributed by atoms with Crippen LogP contribution in [0.25, 0.3) is 0 Å². The Labute approximate surface area is 120 Å². The molecule has 0 saturated carbocycles. The summed E-state index contributed by atoms with van der Waals surface area (Å²) in [6.45, 7) is 5.38. The fourth-order valence-electron chi connectivity index (χ4n) is 2.68. The van der Waals surface area contributed by atoms with Crippen molar-refractivity contribution in [3.05, 3.63) is 35.4 Å². The maximum absolute atomic E-state index is 12.4. The molecule has 4 heteroatoms. The Morgan fingerprint density at radius 1 is 1.35 bits per heavy atom. The molecule has 2 rings (SSSR count). The van der Waals surface area contributed by atoms with E-state index in [0.717, 1.165) is 32.5 Å². The van der Waals surface area contributed by atoms with E-state index in [2.05, 4.69) is 17.9 Å². The smallest absolute Gasteiger partial charge is 0.253 e. The average molecular weight is 271 g/mol. The topological polar surface area (TPSA) is 47.3 Å². The number of hydrogen-bond acceptors (Lipinski definition) is 3. The van der Waals surface area contributed by atoms with Crippen LogP contribution in [-0.2, 0) is 0 Å². The Bertz CT molecular complexity index is 495. The van der Waals surface area contributed by atoms with Crippen molar-refractivity contribution in [3.8, 4) is 6.07 Å². The van der Waals surface area contributed by atoms with Crippen molar-refractivity contribution in [1.29, 1.82) is 5.26 Å². The van der Waals surface area contributed by atoms with Gasteiger partial charge in [-0.1, -0.05) is 6.92 Å². The first-order valence-electron chi connectivity index (χ1n) is 7.15. The highest BCUT2D eigenvalue weighted by Crippen LogP contribution is 2.17. The van der Waals surface area contributed by atoms with Crippen LogP contribution in [0.2, 0.25) is 0 Å². The van der Waals surface area contributed by atoms with Gasteiger partial charge in [0.2, 0.25) is 0 Å². The summed E-state index contributed by atoms with van der Waals surface area (Å²) in [5, 5.41) is 8.78. The lowest BCUT2D eigenvalue weighted by atomic mass is 10.0. The third kappa shape index (κ3) is 3.17. The van der Waals surface area contributed by atoms with E-state index < -0.39 is 0 Å². The lowest BCUT2D eigenvalue weighted by Crippen LogP contribution is -2.45. The lowest BCUT2D eigenvalue weighted by molar-refractivity contribution is 0.0647. The van der Waals surface area contributed by atoms with Crippen molar-refractivity contribution in [2.75, 3.05) is 26.7 Å². The highest BCUT2D eigenvalue weighted by Gasteiger charge is 2.25. The molecule has 4 nitrogen and oxygen atoms in total. The van der Waals surface area contributed by atoms with Gasteiger partial charge in [-0.05, 0) is 43.7 Å². The number of piperidine rings is 1. The summed E-state index contributed by atoms with van der Waals surface area (Å²) in [7, 11) is 1.88. The minimum atomic E-state index is 0.0458. The van der Waals surface area contributed by atoms with Gasteiger partial charge in [-0.3, -0.25) is 4.79 Å². The molecule has 1 fully saturated rings. The maximum atomic E-state index is 12.4. The summed E-state index contributed by atoms with van der Waals surface area (Å²) in [5.41, 5.74) is 1.24. The number of carbonyl (C=O) groups is 1. The zero-order valence-electron chi connectivity index (χ0n) is 12.2. The van der Waals surface area contributed by atoms with Crippen molar-refractivity contribution in [2.24, 2.45) is 0 Å². The van der Waals surface area contributed by atoms with Crippen LogP contribution in [0.1, 0.15) is 35.7 Å². The number of amides is 1. The van der Waals surface area contributed by atoms with Crippen LogP contribution in [0.3, 0.4) is 0 Å². The summed E-state index contributed by atoms with van der Waals surface area (Å²) in [6.07, 6.45) is 2.07. The van der Waals surface area contributed by atoms with E-state index in [0.29, 0.717) is 17.2 Å². The standard InChI is InChI=1S/C16H21N3O/c1-3-19-10-8-15(9-11-19)18(2)16(20)14-6-4-13(12-17)5-7-14/h4-7,15H,3,8-11H2,1-2H3. The molecular weight excluding hydrogens is 250 g/mol. The first-order valence-corrected chi connectivity index (χ1v) is 7.15. The van der Waals surface area contributed by atoms with Gasteiger partial charge in [0.1, 0.15) is 0 Å². The van der Waals surface area contributed by atoms with E-state index in [1.54, 1.807) is 24.3 Å². The molecule has 1 aromatic carbocycles. The highest BCUT2D eigenvalue weighted by atomic mass is 16.2. The Morgan fingerprint density at radius 3 is 2.45 bits per heavy atom. The molecule has 0 N–H and O–H groups in total.